The van der Waals surface area contributed by atoms with Gasteiger partial charge in [0.1, 0.15) is 0 Å². The first-order chi connectivity index (χ1) is 11.1. The normalized spacial score (nSPS) is 21.6. The Morgan fingerprint density at radius 3 is 2.83 bits per heavy atom. The monoisotopic (exact) mass is 320 g/mol. The van der Waals surface area contributed by atoms with E-state index in [1.807, 2.05) is 32.0 Å². The van der Waals surface area contributed by atoms with Gasteiger partial charge in [-0.3, -0.25) is 9.69 Å². The second-order valence-corrected chi connectivity index (χ2v) is 6.43. The van der Waals surface area contributed by atoms with Crippen molar-refractivity contribution in [2.75, 3.05) is 26.3 Å². The highest BCUT2D eigenvalue weighted by atomic mass is 16.5. The molecule has 3 atom stereocenters. The molecule has 1 saturated heterocycles. The number of nitrogens with one attached hydrogen (secondary N) is 1. The predicted molar refractivity (Wildman–Crippen MR) is 89.9 cm³/mol. The quantitative estimate of drug-likeness (QED) is 0.797. The van der Waals surface area contributed by atoms with E-state index < -0.39 is 0 Å². The fourth-order valence-electron chi connectivity index (χ4n) is 2.71. The van der Waals surface area contributed by atoms with Crippen LogP contribution in [0.5, 0.6) is 0 Å². The molecule has 1 aromatic carbocycles. The average molecular weight is 320 g/mol. The van der Waals surface area contributed by atoms with Crippen molar-refractivity contribution in [2.45, 2.75) is 39.0 Å². The van der Waals surface area contributed by atoms with E-state index in [4.69, 9.17) is 9.84 Å². The Hall–Kier alpha value is -1.43. The van der Waals surface area contributed by atoms with Crippen molar-refractivity contribution in [2.24, 2.45) is 5.92 Å². The lowest BCUT2D eigenvalue weighted by Gasteiger charge is -2.33. The van der Waals surface area contributed by atoms with E-state index in [0.717, 1.165) is 19.6 Å². The molecule has 0 bridgehead atoms. The van der Waals surface area contributed by atoms with Gasteiger partial charge in [0, 0.05) is 32.3 Å². The first-order valence-corrected chi connectivity index (χ1v) is 8.36. The highest BCUT2D eigenvalue weighted by Gasteiger charge is 2.24. The molecule has 0 aromatic heterocycles. The molecule has 23 heavy (non-hydrogen) atoms. The Morgan fingerprint density at radius 2 is 2.13 bits per heavy atom. The van der Waals surface area contributed by atoms with Gasteiger partial charge in [-0.15, -0.1) is 0 Å². The maximum Gasteiger partial charge on any atom is 0.222 e. The van der Waals surface area contributed by atoms with Gasteiger partial charge in [0.2, 0.25) is 5.91 Å². The number of aliphatic hydroxyl groups excluding tert-OH is 1. The molecule has 0 radical (unpaired) electrons. The lowest BCUT2D eigenvalue weighted by molar-refractivity contribution is -0.127. The Bertz CT molecular complexity index is 480. The van der Waals surface area contributed by atoms with Gasteiger partial charge in [-0.05, 0) is 18.4 Å². The summed E-state index contributed by atoms with van der Waals surface area (Å²) in [4.78, 5) is 14.4. The maximum absolute atomic E-state index is 12.1. The number of nitrogens with zero attached hydrogens (tertiary/aromatic N) is 1. The minimum Gasteiger partial charge on any atom is -0.396 e. The number of rotatable bonds is 7. The lowest BCUT2D eigenvalue weighted by Crippen LogP contribution is -2.45. The molecule has 0 spiro atoms. The average Bonchev–Trinajstić information content (AvgIpc) is 2.55. The first kappa shape index (κ1) is 17.9. The number of amides is 1. The second kappa shape index (κ2) is 9.01. The summed E-state index contributed by atoms with van der Waals surface area (Å²) in [6.07, 6.45) is 0.303. The Morgan fingerprint density at radius 1 is 1.39 bits per heavy atom. The third kappa shape index (κ3) is 5.94. The number of carbonyl (C=O) groups is 1. The minimum absolute atomic E-state index is 0.00985. The van der Waals surface area contributed by atoms with Crippen molar-refractivity contribution in [1.29, 1.82) is 0 Å². The summed E-state index contributed by atoms with van der Waals surface area (Å²) in [5.41, 5.74) is 1.28. The summed E-state index contributed by atoms with van der Waals surface area (Å²) >= 11 is 0. The van der Waals surface area contributed by atoms with Crippen LogP contribution in [0.4, 0.5) is 0 Å². The van der Waals surface area contributed by atoms with Crippen LogP contribution in [0.15, 0.2) is 30.3 Å². The Kier molecular flexibility index (Phi) is 7.02. The Labute approximate surface area is 138 Å². The zero-order valence-electron chi connectivity index (χ0n) is 14.1. The van der Waals surface area contributed by atoms with Gasteiger partial charge < -0.3 is 15.2 Å². The maximum atomic E-state index is 12.1. The summed E-state index contributed by atoms with van der Waals surface area (Å²) in [6.45, 7) is 7.13. The lowest BCUT2D eigenvalue weighted by atomic mass is 10.0. The molecule has 5 heteroatoms. The minimum atomic E-state index is -0.0657. The van der Waals surface area contributed by atoms with Crippen LogP contribution in [0, 0.1) is 5.92 Å². The van der Waals surface area contributed by atoms with Crippen LogP contribution in [0.3, 0.4) is 0 Å². The van der Waals surface area contributed by atoms with E-state index in [2.05, 4.69) is 22.3 Å². The Balaban J connectivity index is 1.78. The molecule has 2 N–H and O–H groups in total. The van der Waals surface area contributed by atoms with Crippen molar-refractivity contribution in [3.05, 3.63) is 35.9 Å². The summed E-state index contributed by atoms with van der Waals surface area (Å²) in [5.74, 6) is 0.0464. The molecule has 1 fully saturated rings. The zero-order valence-corrected chi connectivity index (χ0v) is 14.1. The smallest absolute Gasteiger partial charge is 0.222 e. The summed E-state index contributed by atoms with van der Waals surface area (Å²) < 4.78 is 5.73. The fourth-order valence-corrected chi connectivity index (χ4v) is 2.71. The van der Waals surface area contributed by atoms with Crippen LogP contribution in [0.2, 0.25) is 0 Å². The summed E-state index contributed by atoms with van der Waals surface area (Å²) in [7, 11) is 0. The van der Waals surface area contributed by atoms with E-state index in [0.29, 0.717) is 13.0 Å². The SMILES string of the molecule is CC(CO)C(C)NC(=O)CC1CN(Cc2ccccc2)CCO1. The molecule has 1 heterocycles. The van der Waals surface area contributed by atoms with E-state index >= 15 is 0 Å². The second-order valence-electron chi connectivity index (χ2n) is 6.43. The third-order valence-electron chi connectivity index (χ3n) is 4.42. The van der Waals surface area contributed by atoms with Gasteiger partial charge >= 0.3 is 0 Å². The molecule has 5 nitrogen and oxygen atoms in total. The molecular formula is C18H28N2O3. The first-order valence-electron chi connectivity index (χ1n) is 8.36. The van der Waals surface area contributed by atoms with Crippen molar-refractivity contribution >= 4 is 5.91 Å². The van der Waals surface area contributed by atoms with Gasteiger partial charge in [-0.2, -0.15) is 0 Å². The van der Waals surface area contributed by atoms with Crippen molar-refractivity contribution in [3.63, 3.8) is 0 Å². The number of hydrogen-bond acceptors (Lipinski definition) is 4. The van der Waals surface area contributed by atoms with Crippen molar-refractivity contribution in [1.82, 2.24) is 10.2 Å². The number of ether oxygens (including phenoxy) is 1. The molecule has 0 aliphatic carbocycles. The standard InChI is InChI=1S/C18H28N2O3/c1-14(13-21)15(2)19-18(22)10-17-12-20(8-9-23-17)11-16-6-4-3-5-7-16/h3-7,14-15,17,21H,8-13H2,1-2H3,(H,19,22). The van der Waals surface area contributed by atoms with Gasteiger partial charge in [0.15, 0.2) is 0 Å². The van der Waals surface area contributed by atoms with Crippen molar-refractivity contribution in [3.8, 4) is 0 Å². The largest absolute Gasteiger partial charge is 0.396 e. The number of aliphatic hydroxyl groups is 1. The number of benzene rings is 1. The predicted octanol–water partition coefficient (Wildman–Crippen LogP) is 1.41. The van der Waals surface area contributed by atoms with Gasteiger partial charge in [-0.1, -0.05) is 37.3 Å². The molecule has 2 rings (SSSR count). The molecule has 128 valence electrons. The summed E-state index contributed by atoms with van der Waals surface area (Å²) in [6, 6.07) is 10.3. The number of hydrogen-bond donors (Lipinski definition) is 2. The summed E-state index contributed by atoms with van der Waals surface area (Å²) in [5, 5.41) is 12.1. The topological polar surface area (TPSA) is 61.8 Å². The van der Waals surface area contributed by atoms with Crippen molar-refractivity contribution < 1.29 is 14.6 Å². The van der Waals surface area contributed by atoms with E-state index in [-0.39, 0.29) is 30.6 Å². The molecule has 1 aliphatic rings. The highest BCUT2D eigenvalue weighted by molar-refractivity contribution is 5.76. The highest BCUT2D eigenvalue weighted by Crippen LogP contribution is 2.13. The fraction of sp³-hybridized carbons (Fsp3) is 0.611. The molecule has 1 amide bonds. The van der Waals surface area contributed by atoms with E-state index in [1.165, 1.54) is 5.56 Å². The van der Waals surface area contributed by atoms with Crippen LogP contribution >= 0.6 is 0 Å². The van der Waals surface area contributed by atoms with Gasteiger partial charge in [0.05, 0.1) is 19.1 Å². The van der Waals surface area contributed by atoms with Crippen LogP contribution in [0.1, 0.15) is 25.8 Å². The molecule has 1 aromatic rings. The molecule has 1 aliphatic heterocycles. The van der Waals surface area contributed by atoms with E-state index in [9.17, 15) is 4.79 Å². The van der Waals surface area contributed by atoms with Gasteiger partial charge in [0.25, 0.3) is 0 Å². The number of morpholine rings is 1. The number of carbonyl (C=O) groups excluding carboxylic acids is 1. The molecular weight excluding hydrogens is 292 g/mol. The molecule has 0 saturated carbocycles. The van der Waals surface area contributed by atoms with E-state index in [1.54, 1.807) is 0 Å². The third-order valence-corrected chi connectivity index (χ3v) is 4.42. The van der Waals surface area contributed by atoms with Crippen LogP contribution in [-0.2, 0) is 16.1 Å². The van der Waals surface area contributed by atoms with Crippen LogP contribution < -0.4 is 5.32 Å². The zero-order chi connectivity index (χ0) is 16.7. The van der Waals surface area contributed by atoms with Crippen LogP contribution in [0.25, 0.3) is 0 Å². The van der Waals surface area contributed by atoms with Crippen LogP contribution in [-0.4, -0.2) is 54.4 Å². The van der Waals surface area contributed by atoms with Gasteiger partial charge in [-0.25, -0.2) is 0 Å². The molecule has 3 unspecified atom stereocenters.